The molecule has 0 amide bonds. The number of pyridine rings is 1. The molecule has 0 unspecified atom stereocenters. The van der Waals surface area contributed by atoms with E-state index in [2.05, 4.69) is 4.98 Å². The minimum absolute atomic E-state index is 0.182. The number of benzene rings is 1. The van der Waals surface area contributed by atoms with E-state index < -0.39 is 0 Å². The Labute approximate surface area is 99.3 Å². The number of H-pyrrole nitrogens is 1. The maximum atomic E-state index is 11.7. The normalized spacial score (nSPS) is 10.5. The third-order valence-electron chi connectivity index (χ3n) is 2.68. The summed E-state index contributed by atoms with van der Waals surface area (Å²) in [6.07, 6.45) is 0. The van der Waals surface area contributed by atoms with E-state index in [0.717, 1.165) is 11.1 Å². The van der Waals surface area contributed by atoms with Gasteiger partial charge in [0.25, 0.3) is 5.56 Å². The molecule has 0 aliphatic heterocycles. The zero-order valence-electron chi connectivity index (χ0n) is 9.66. The SMILES string of the molecule is Cc1cccc(-c2[nH]c(=O)c(CN)cc2N)c1. The van der Waals surface area contributed by atoms with Crippen LogP contribution in [0.2, 0.25) is 0 Å². The fraction of sp³-hybridized carbons (Fsp3) is 0.154. The molecule has 1 aromatic heterocycles. The van der Waals surface area contributed by atoms with Gasteiger partial charge in [-0.1, -0.05) is 23.8 Å². The number of nitrogens with one attached hydrogen (secondary N) is 1. The van der Waals surface area contributed by atoms with Gasteiger partial charge in [-0.15, -0.1) is 0 Å². The molecule has 0 radical (unpaired) electrons. The van der Waals surface area contributed by atoms with Crippen molar-refractivity contribution in [2.24, 2.45) is 5.73 Å². The first kappa shape index (κ1) is 11.4. The lowest BCUT2D eigenvalue weighted by molar-refractivity contribution is 1.02. The predicted molar refractivity (Wildman–Crippen MR) is 69.5 cm³/mol. The first-order chi connectivity index (χ1) is 8.11. The summed E-state index contributed by atoms with van der Waals surface area (Å²) in [4.78, 5) is 14.5. The van der Waals surface area contributed by atoms with Gasteiger partial charge in [0.15, 0.2) is 0 Å². The topological polar surface area (TPSA) is 84.9 Å². The van der Waals surface area contributed by atoms with Crippen molar-refractivity contribution in [2.75, 3.05) is 5.73 Å². The quantitative estimate of drug-likeness (QED) is 0.727. The number of aromatic amines is 1. The van der Waals surface area contributed by atoms with Crippen LogP contribution in [0.4, 0.5) is 5.69 Å². The molecule has 17 heavy (non-hydrogen) atoms. The highest BCUT2D eigenvalue weighted by Crippen LogP contribution is 2.23. The number of nitrogen functional groups attached to an aromatic ring is 1. The highest BCUT2D eigenvalue weighted by atomic mass is 16.1. The molecular weight excluding hydrogens is 214 g/mol. The molecule has 0 aliphatic carbocycles. The molecule has 0 saturated heterocycles. The molecule has 4 heteroatoms. The van der Waals surface area contributed by atoms with E-state index >= 15 is 0 Å². The molecule has 5 N–H and O–H groups in total. The van der Waals surface area contributed by atoms with Crippen molar-refractivity contribution < 1.29 is 0 Å². The molecule has 0 bridgehead atoms. The lowest BCUT2D eigenvalue weighted by Crippen LogP contribution is -2.17. The van der Waals surface area contributed by atoms with Gasteiger partial charge in [0, 0.05) is 17.7 Å². The number of rotatable bonds is 2. The Morgan fingerprint density at radius 1 is 1.29 bits per heavy atom. The molecule has 2 rings (SSSR count). The first-order valence-corrected chi connectivity index (χ1v) is 5.40. The molecule has 0 fully saturated rings. The van der Waals surface area contributed by atoms with Crippen LogP contribution in [0, 0.1) is 6.92 Å². The molecule has 88 valence electrons. The zero-order chi connectivity index (χ0) is 12.4. The van der Waals surface area contributed by atoms with Gasteiger partial charge in [-0.25, -0.2) is 0 Å². The van der Waals surface area contributed by atoms with Crippen LogP contribution in [0.3, 0.4) is 0 Å². The Morgan fingerprint density at radius 2 is 2.06 bits per heavy atom. The number of hydrogen-bond acceptors (Lipinski definition) is 3. The van der Waals surface area contributed by atoms with Crippen molar-refractivity contribution in [1.29, 1.82) is 0 Å². The number of nitrogens with two attached hydrogens (primary N) is 2. The number of hydrogen-bond donors (Lipinski definition) is 3. The van der Waals surface area contributed by atoms with Crippen molar-refractivity contribution in [3.63, 3.8) is 0 Å². The zero-order valence-corrected chi connectivity index (χ0v) is 9.66. The van der Waals surface area contributed by atoms with Crippen molar-refractivity contribution in [3.05, 3.63) is 51.8 Å². The summed E-state index contributed by atoms with van der Waals surface area (Å²) < 4.78 is 0. The van der Waals surface area contributed by atoms with Crippen LogP contribution in [0.1, 0.15) is 11.1 Å². The van der Waals surface area contributed by atoms with E-state index in [0.29, 0.717) is 16.9 Å². The van der Waals surface area contributed by atoms with E-state index in [4.69, 9.17) is 11.5 Å². The lowest BCUT2D eigenvalue weighted by atomic mass is 10.1. The summed E-state index contributed by atoms with van der Waals surface area (Å²) in [5.41, 5.74) is 14.9. The van der Waals surface area contributed by atoms with Gasteiger partial charge in [-0.3, -0.25) is 4.79 Å². The number of aromatic nitrogens is 1. The van der Waals surface area contributed by atoms with Crippen molar-refractivity contribution in [3.8, 4) is 11.3 Å². The Bertz CT molecular complexity index is 602. The second kappa shape index (κ2) is 4.43. The van der Waals surface area contributed by atoms with Crippen LogP contribution in [-0.4, -0.2) is 4.98 Å². The Kier molecular flexibility index (Phi) is 2.97. The molecular formula is C13H15N3O. The summed E-state index contributed by atoms with van der Waals surface area (Å²) in [6, 6.07) is 9.45. The smallest absolute Gasteiger partial charge is 0.253 e. The van der Waals surface area contributed by atoms with E-state index in [-0.39, 0.29) is 12.1 Å². The Hall–Kier alpha value is -2.07. The maximum absolute atomic E-state index is 11.7. The summed E-state index contributed by atoms with van der Waals surface area (Å²) in [6.45, 7) is 2.18. The van der Waals surface area contributed by atoms with Gasteiger partial charge in [0.1, 0.15) is 0 Å². The minimum Gasteiger partial charge on any atom is -0.397 e. The van der Waals surface area contributed by atoms with Crippen LogP contribution in [0.15, 0.2) is 35.1 Å². The van der Waals surface area contributed by atoms with Crippen molar-refractivity contribution in [1.82, 2.24) is 4.98 Å². The van der Waals surface area contributed by atoms with Gasteiger partial charge in [0.05, 0.1) is 11.4 Å². The van der Waals surface area contributed by atoms with E-state index in [1.165, 1.54) is 0 Å². The van der Waals surface area contributed by atoms with Gasteiger partial charge < -0.3 is 16.5 Å². The molecule has 0 spiro atoms. The largest absolute Gasteiger partial charge is 0.397 e. The van der Waals surface area contributed by atoms with Gasteiger partial charge >= 0.3 is 0 Å². The number of anilines is 1. The van der Waals surface area contributed by atoms with Crippen molar-refractivity contribution >= 4 is 5.69 Å². The number of aryl methyl sites for hydroxylation is 1. The summed E-state index contributed by atoms with van der Waals surface area (Å²) in [7, 11) is 0. The Balaban J connectivity index is 2.61. The average Bonchev–Trinajstić information content (AvgIpc) is 2.31. The van der Waals surface area contributed by atoms with Gasteiger partial charge in [-0.2, -0.15) is 0 Å². The minimum atomic E-state index is -0.182. The predicted octanol–water partition coefficient (Wildman–Crippen LogP) is 1.39. The van der Waals surface area contributed by atoms with Crippen LogP contribution in [0.5, 0.6) is 0 Å². The van der Waals surface area contributed by atoms with Crippen LogP contribution in [0.25, 0.3) is 11.3 Å². The average molecular weight is 229 g/mol. The van der Waals surface area contributed by atoms with E-state index in [1.54, 1.807) is 6.07 Å². The lowest BCUT2D eigenvalue weighted by Gasteiger charge is -2.08. The molecule has 1 aromatic carbocycles. The molecule has 0 saturated carbocycles. The summed E-state index contributed by atoms with van der Waals surface area (Å²) in [5, 5.41) is 0. The highest BCUT2D eigenvalue weighted by molar-refractivity contribution is 5.73. The third-order valence-corrected chi connectivity index (χ3v) is 2.68. The van der Waals surface area contributed by atoms with Gasteiger partial charge in [0.2, 0.25) is 0 Å². The fourth-order valence-electron chi connectivity index (χ4n) is 1.78. The second-order valence-corrected chi connectivity index (χ2v) is 4.03. The standard InChI is InChI=1S/C13H15N3O/c1-8-3-2-4-9(5-8)12-11(15)6-10(7-14)13(17)16-12/h2-6H,7,14-15H2,1H3,(H,16,17). The molecule has 2 aromatic rings. The molecule has 0 aliphatic rings. The first-order valence-electron chi connectivity index (χ1n) is 5.40. The van der Waals surface area contributed by atoms with Gasteiger partial charge in [-0.05, 0) is 19.1 Å². The highest BCUT2D eigenvalue weighted by Gasteiger charge is 2.07. The van der Waals surface area contributed by atoms with Crippen LogP contribution in [-0.2, 0) is 6.54 Å². The molecule has 1 heterocycles. The molecule has 0 atom stereocenters. The van der Waals surface area contributed by atoms with E-state index in [1.807, 2.05) is 31.2 Å². The third kappa shape index (κ3) is 2.21. The summed E-state index contributed by atoms with van der Waals surface area (Å²) >= 11 is 0. The monoisotopic (exact) mass is 229 g/mol. The summed E-state index contributed by atoms with van der Waals surface area (Å²) in [5.74, 6) is 0. The van der Waals surface area contributed by atoms with E-state index in [9.17, 15) is 4.79 Å². The van der Waals surface area contributed by atoms with Crippen molar-refractivity contribution in [2.45, 2.75) is 13.5 Å². The molecule has 4 nitrogen and oxygen atoms in total. The maximum Gasteiger partial charge on any atom is 0.253 e. The van der Waals surface area contributed by atoms with Crippen LogP contribution >= 0.6 is 0 Å². The van der Waals surface area contributed by atoms with Crippen LogP contribution < -0.4 is 17.0 Å². The second-order valence-electron chi connectivity index (χ2n) is 4.03. The Morgan fingerprint density at radius 3 is 2.71 bits per heavy atom. The fourth-order valence-corrected chi connectivity index (χ4v) is 1.78.